The van der Waals surface area contributed by atoms with E-state index >= 15 is 0 Å². The molecule has 1 unspecified atom stereocenters. The summed E-state index contributed by atoms with van der Waals surface area (Å²) in [5.41, 5.74) is 0.546. The van der Waals surface area contributed by atoms with Gasteiger partial charge in [-0.1, -0.05) is 13.8 Å². The van der Waals surface area contributed by atoms with Crippen LogP contribution in [0.4, 0.5) is 13.2 Å². The van der Waals surface area contributed by atoms with Crippen LogP contribution in [0, 0.1) is 0 Å². The van der Waals surface area contributed by atoms with E-state index in [1.165, 1.54) is 22.8 Å². The van der Waals surface area contributed by atoms with Gasteiger partial charge in [-0.15, -0.1) is 13.2 Å². The molecule has 29 heavy (non-hydrogen) atoms. The molecule has 1 aromatic carbocycles. The lowest BCUT2D eigenvalue weighted by atomic mass is 10.2. The number of hydrogen-bond acceptors (Lipinski definition) is 4. The van der Waals surface area contributed by atoms with E-state index in [0.29, 0.717) is 17.5 Å². The van der Waals surface area contributed by atoms with Crippen LogP contribution in [0.3, 0.4) is 0 Å². The highest BCUT2D eigenvalue weighted by atomic mass is 19.4. The van der Waals surface area contributed by atoms with Crippen LogP contribution in [0.5, 0.6) is 5.75 Å². The molecule has 1 aromatic heterocycles. The van der Waals surface area contributed by atoms with Gasteiger partial charge in [-0.05, 0) is 44.9 Å². The van der Waals surface area contributed by atoms with Crippen molar-refractivity contribution in [2.75, 3.05) is 32.8 Å². The summed E-state index contributed by atoms with van der Waals surface area (Å²) >= 11 is 0. The number of nitrogens with one attached hydrogen (secondary N) is 1. The van der Waals surface area contributed by atoms with Crippen LogP contribution in [0.1, 0.15) is 46.1 Å². The molecule has 0 saturated heterocycles. The minimum atomic E-state index is -4.77. The molecule has 0 saturated carbocycles. The summed E-state index contributed by atoms with van der Waals surface area (Å²) in [6.07, 6.45) is -2.14. The van der Waals surface area contributed by atoms with Gasteiger partial charge in [0.2, 0.25) is 0 Å². The molecule has 1 N–H and O–H groups in total. The van der Waals surface area contributed by atoms with Crippen LogP contribution in [0.25, 0.3) is 11.0 Å². The van der Waals surface area contributed by atoms with Crippen molar-refractivity contribution in [1.82, 2.24) is 14.5 Å². The molecule has 0 bridgehead atoms. The maximum Gasteiger partial charge on any atom is 0.573 e. The van der Waals surface area contributed by atoms with Crippen LogP contribution in [-0.2, 0) is 4.74 Å². The minimum Gasteiger partial charge on any atom is -0.406 e. The van der Waals surface area contributed by atoms with Crippen LogP contribution in [0.15, 0.2) is 23.0 Å². The minimum absolute atomic E-state index is 0.178. The number of imidazole rings is 1. The molecule has 0 aliphatic carbocycles. The molecule has 2 rings (SSSR count). The van der Waals surface area contributed by atoms with E-state index in [1.54, 1.807) is 0 Å². The van der Waals surface area contributed by atoms with Crippen molar-refractivity contribution in [3.63, 3.8) is 0 Å². The zero-order valence-corrected chi connectivity index (χ0v) is 17.2. The largest absolute Gasteiger partial charge is 0.573 e. The molecule has 0 fully saturated rings. The average molecular weight is 417 g/mol. The molecule has 0 spiro atoms. The third-order valence-electron chi connectivity index (χ3n) is 4.79. The van der Waals surface area contributed by atoms with Gasteiger partial charge in [0, 0.05) is 38.4 Å². The lowest BCUT2D eigenvalue weighted by Crippen LogP contribution is -2.29. The number of rotatable bonds is 12. The molecule has 0 radical (unpaired) electrons. The van der Waals surface area contributed by atoms with E-state index in [4.69, 9.17) is 4.74 Å². The Morgan fingerprint density at radius 3 is 2.62 bits per heavy atom. The average Bonchev–Trinajstić information content (AvgIpc) is 2.97. The molecule has 6 nitrogen and oxygen atoms in total. The summed E-state index contributed by atoms with van der Waals surface area (Å²) in [5.74, 6) is -0.341. The Morgan fingerprint density at radius 1 is 1.21 bits per heavy atom. The normalized spacial score (nSPS) is 13.3. The van der Waals surface area contributed by atoms with Crippen molar-refractivity contribution >= 4 is 11.0 Å². The Hall–Kier alpha value is -2.00. The van der Waals surface area contributed by atoms with Crippen molar-refractivity contribution in [2.45, 2.75) is 52.4 Å². The molecule has 0 amide bonds. The van der Waals surface area contributed by atoms with Crippen LogP contribution >= 0.6 is 0 Å². The lowest BCUT2D eigenvalue weighted by Gasteiger charge is -2.23. The third kappa shape index (κ3) is 7.08. The highest BCUT2D eigenvalue weighted by Gasteiger charge is 2.31. The zero-order valence-electron chi connectivity index (χ0n) is 17.2. The van der Waals surface area contributed by atoms with Gasteiger partial charge < -0.3 is 19.4 Å². The topological polar surface area (TPSA) is 59.5 Å². The van der Waals surface area contributed by atoms with E-state index in [0.717, 1.165) is 45.7 Å². The fourth-order valence-electron chi connectivity index (χ4n) is 3.30. The van der Waals surface area contributed by atoms with E-state index in [9.17, 15) is 18.0 Å². The number of ether oxygens (including phenoxy) is 2. The lowest BCUT2D eigenvalue weighted by molar-refractivity contribution is -0.274. The molecule has 0 aliphatic heterocycles. The first kappa shape index (κ1) is 23.3. The zero-order chi connectivity index (χ0) is 21.4. The molecule has 1 heterocycles. The molecule has 1 atom stereocenters. The molecular formula is C20H30F3N3O3. The first-order valence-corrected chi connectivity index (χ1v) is 10.0. The molecular weight excluding hydrogens is 387 g/mol. The second kappa shape index (κ2) is 10.7. The van der Waals surface area contributed by atoms with E-state index < -0.39 is 6.36 Å². The Labute approximate surface area is 168 Å². The molecule has 2 aromatic rings. The number of fused-ring (bicyclic) bond motifs is 1. The third-order valence-corrected chi connectivity index (χ3v) is 4.79. The van der Waals surface area contributed by atoms with Gasteiger partial charge in [-0.2, -0.15) is 0 Å². The highest BCUT2D eigenvalue weighted by Crippen LogP contribution is 2.27. The summed E-state index contributed by atoms with van der Waals surface area (Å²) in [6.45, 7) is 10.1. The number of nitrogens with zero attached hydrogens (tertiary/aromatic N) is 2. The smallest absolute Gasteiger partial charge is 0.406 e. The van der Waals surface area contributed by atoms with E-state index in [1.807, 2.05) is 6.92 Å². The maximum absolute atomic E-state index is 12.5. The summed E-state index contributed by atoms with van der Waals surface area (Å²) in [4.78, 5) is 17.4. The number of halogens is 3. The van der Waals surface area contributed by atoms with Gasteiger partial charge >= 0.3 is 12.1 Å². The van der Waals surface area contributed by atoms with Crippen molar-refractivity contribution in [3.8, 4) is 5.75 Å². The first-order valence-electron chi connectivity index (χ1n) is 10.0. The Bertz CT molecular complexity index is 817. The quantitative estimate of drug-likeness (QED) is 0.523. The summed E-state index contributed by atoms with van der Waals surface area (Å²) in [6, 6.07) is 3.69. The van der Waals surface area contributed by atoms with Gasteiger partial charge in [0.05, 0.1) is 11.0 Å². The summed E-state index contributed by atoms with van der Waals surface area (Å²) in [7, 11) is 0. The van der Waals surface area contributed by atoms with E-state index in [-0.39, 0.29) is 17.5 Å². The number of aromatic amines is 1. The van der Waals surface area contributed by atoms with Gasteiger partial charge in [0.1, 0.15) is 5.75 Å². The second-order valence-electron chi connectivity index (χ2n) is 7.06. The van der Waals surface area contributed by atoms with Crippen LogP contribution in [-0.4, -0.2) is 53.7 Å². The van der Waals surface area contributed by atoms with Crippen LogP contribution in [0.2, 0.25) is 0 Å². The summed E-state index contributed by atoms with van der Waals surface area (Å²) in [5, 5.41) is 0. The monoisotopic (exact) mass is 417 g/mol. The van der Waals surface area contributed by atoms with Gasteiger partial charge in [-0.25, -0.2) is 4.79 Å². The number of H-pyrrole nitrogens is 1. The van der Waals surface area contributed by atoms with Crippen molar-refractivity contribution < 1.29 is 22.6 Å². The number of hydrogen-bond donors (Lipinski definition) is 1. The standard InChI is InChI=1S/C20H30F3N3O3/c1-4-12-28-13-6-10-25(5-2)11-9-15(3)26-18-14-16(29-20(21,22)23)7-8-17(18)24-19(26)27/h7-8,14-15H,4-6,9-13H2,1-3H3,(H,24,27). The number of benzene rings is 1. The highest BCUT2D eigenvalue weighted by molar-refractivity contribution is 5.77. The predicted molar refractivity (Wildman–Crippen MR) is 106 cm³/mol. The van der Waals surface area contributed by atoms with Gasteiger partial charge in [0.15, 0.2) is 0 Å². The Morgan fingerprint density at radius 2 is 1.97 bits per heavy atom. The van der Waals surface area contributed by atoms with Gasteiger partial charge in [-0.3, -0.25) is 4.57 Å². The molecule has 0 aliphatic rings. The van der Waals surface area contributed by atoms with Crippen LogP contribution < -0.4 is 10.4 Å². The molecule has 164 valence electrons. The Kier molecular flexibility index (Phi) is 8.58. The number of alkyl halides is 3. The predicted octanol–water partition coefficient (Wildman–Crippen LogP) is 4.32. The van der Waals surface area contributed by atoms with Crippen molar-refractivity contribution in [1.29, 1.82) is 0 Å². The molecule has 9 heteroatoms. The Balaban J connectivity index is 2.03. The summed E-state index contributed by atoms with van der Waals surface area (Å²) < 4.78 is 48.5. The fourth-order valence-corrected chi connectivity index (χ4v) is 3.30. The van der Waals surface area contributed by atoms with Crippen molar-refractivity contribution in [3.05, 3.63) is 28.7 Å². The number of aromatic nitrogens is 2. The fraction of sp³-hybridized carbons (Fsp3) is 0.650. The first-order chi connectivity index (χ1) is 13.7. The van der Waals surface area contributed by atoms with Crippen molar-refractivity contribution in [2.24, 2.45) is 0 Å². The van der Waals surface area contributed by atoms with Gasteiger partial charge in [0.25, 0.3) is 0 Å². The SMILES string of the molecule is CCCOCCCN(CC)CCC(C)n1c(=O)[nH]c2ccc(OC(F)(F)F)cc21. The second-order valence-corrected chi connectivity index (χ2v) is 7.06. The maximum atomic E-state index is 12.5. The van der Waals surface area contributed by atoms with E-state index in [2.05, 4.69) is 28.5 Å².